The Morgan fingerprint density at radius 1 is 1.45 bits per heavy atom. The van der Waals surface area contributed by atoms with Crippen molar-refractivity contribution in [2.24, 2.45) is 5.73 Å². The quantitative estimate of drug-likeness (QED) is 0.829. The number of likely N-dealkylation sites (N-methyl/N-ethyl adjacent to an activating group) is 1. The van der Waals surface area contributed by atoms with E-state index in [4.69, 9.17) is 10.5 Å². The van der Waals surface area contributed by atoms with Crippen molar-refractivity contribution in [3.05, 3.63) is 23.8 Å². The standard InChI is InChI=1S/C15H25N3O2/c1-17(2)9-12-6-13(19)10-18(12)15-7-14(20-3)5-4-11(15)8-16/h4-5,7,12-13,19H,6,8-10,16H2,1-3H3. The van der Waals surface area contributed by atoms with E-state index in [-0.39, 0.29) is 6.10 Å². The Morgan fingerprint density at radius 2 is 2.20 bits per heavy atom. The van der Waals surface area contributed by atoms with Gasteiger partial charge >= 0.3 is 0 Å². The number of nitrogens with zero attached hydrogens (tertiary/aromatic N) is 2. The lowest BCUT2D eigenvalue weighted by Crippen LogP contribution is -2.38. The maximum absolute atomic E-state index is 10.0. The average Bonchev–Trinajstić information content (AvgIpc) is 2.77. The average molecular weight is 279 g/mol. The molecular formula is C15H25N3O2. The SMILES string of the molecule is COc1ccc(CN)c(N2CC(O)CC2CN(C)C)c1. The van der Waals surface area contributed by atoms with Gasteiger partial charge in [-0.2, -0.15) is 0 Å². The molecule has 3 N–H and O–H groups in total. The molecule has 0 radical (unpaired) electrons. The summed E-state index contributed by atoms with van der Waals surface area (Å²) in [6.45, 7) is 2.05. The summed E-state index contributed by atoms with van der Waals surface area (Å²) in [6, 6.07) is 6.26. The molecule has 0 amide bonds. The first kappa shape index (κ1) is 15.1. The molecular weight excluding hydrogens is 254 g/mol. The highest BCUT2D eigenvalue weighted by atomic mass is 16.5. The van der Waals surface area contributed by atoms with Crippen LogP contribution in [-0.4, -0.2) is 56.4 Å². The van der Waals surface area contributed by atoms with Crippen molar-refractivity contribution >= 4 is 5.69 Å². The molecule has 20 heavy (non-hydrogen) atoms. The van der Waals surface area contributed by atoms with Crippen LogP contribution in [0, 0.1) is 0 Å². The fourth-order valence-electron chi connectivity index (χ4n) is 2.89. The maximum atomic E-state index is 10.0. The monoisotopic (exact) mass is 279 g/mol. The Morgan fingerprint density at radius 3 is 2.80 bits per heavy atom. The van der Waals surface area contributed by atoms with E-state index in [0.29, 0.717) is 19.1 Å². The third-order valence-corrected chi connectivity index (χ3v) is 3.79. The zero-order valence-electron chi connectivity index (χ0n) is 12.5. The van der Waals surface area contributed by atoms with E-state index in [1.807, 2.05) is 18.2 Å². The summed E-state index contributed by atoms with van der Waals surface area (Å²) in [5.74, 6) is 0.821. The fraction of sp³-hybridized carbons (Fsp3) is 0.600. The summed E-state index contributed by atoms with van der Waals surface area (Å²) in [5, 5.41) is 10.0. The highest BCUT2D eigenvalue weighted by Crippen LogP contribution is 2.32. The topological polar surface area (TPSA) is 62.0 Å². The molecule has 0 saturated carbocycles. The molecule has 2 atom stereocenters. The minimum absolute atomic E-state index is 0.281. The number of aliphatic hydroxyl groups is 1. The predicted octanol–water partition coefficient (Wildman–Crippen LogP) is 0.655. The van der Waals surface area contributed by atoms with Crippen LogP contribution in [0.2, 0.25) is 0 Å². The molecule has 2 unspecified atom stereocenters. The van der Waals surface area contributed by atoms with Gasteiger partial charge in [0, 0.05) is 37.4 Å². The Kier molecular flexibility index (Phi) is 4.86. The molecule has 1 aromatic rings. The molecule has 2 rings (SSSR count). The molecule has 0 spiro atoms. The van der Waals surface area contributed by atoms with Crippen LogP contribution in [0.3, 0.4) is 0 Å². The number of nitrogens with two attached hydrogens (primary N) is 1. The van der Waals surface area contributed by atoms with Gasteiger partial charge in [-0.25, -0.2) is 0 Å². The van der Waals surface area contributed by atoms with Gasteiger partial charge in [0.25, 0.3) is 0 Å². The molecule has 1 heterocycles. The van der Waals surface area contributed by atoms with Gasteiger partial charge in [-0.05, 0) is 32.1 Å². The van der Waals surface area contributed by atoms with Crippen molar-refractivity contribution in [3.8, 4) is 5.75 Å². The first-order valence-corrected chi connectivity index (χ1v) is 7.01. The van der Waals surface area contributed by atoms with Crippen molar-refractivity contribution in [2.75, 3.05) is 39.2 Å². The Bertz CT molecular complexity index is 451. The Balaban J connectivity index is 2.32. The first-order valence-electron chi connectivity index (χ1n) is 7.01. The molecule has 1 aliphatic heterocycles. The van der Waals surface area contributed by atoms with Gasteiger partial charge < -0.3 is 25.4 Å². The zero-order chi connectivity index (χ0) is 14.7. The maximum Gasteiger partial charge on any atom is 0.120 e. The number of hydrogen-bond donors (Lipinski definition) is 2. The lowest BCUT2D eigenvalue weighted by Gasteiger charge is -2.30. The van der Waals surface area contributed by atoms with Crippen LogP contribution in [0.4, 0.5) is 5.69 Å². The normalized spacial score (nSPS) is 22.6. The van der Waals surface area contributed by atoms with Crippen molar-refractivity contribution in [1.82, 2.24) is 4.90 Å². The number of benzene rings is 1. The van der Waals surface area contributed by atoms with Gasteiger partial charge in [-0.3, -0.25) is 0 Å². The number of anilines is 1. The van der Waals surface area contributed by atoms with Gasteiger partial charge in [-0.15, -0.1) is 0 Å². The molecule has 1 aromatic carbocycles. The van der Waals surface area contributed by atoms with Crippen molar-refractivity contribution in [1.29, 1.82) is 0 Å². The number of β-amino-alcohol motifs (C(OH)–C–C–N with tert-alkyl or cyclic N) is 1. The first-order chi connectivity index (χ1) is 9.55. The molecule has 0 aromatic heterocycles. The molecule has 112 valence electrons. The third-order valence-electron chi connectivity index (χ3n) is 3.79. The summed E-state index contributed by atoms with van der Waals surface area (Å²) in [6.07, 6.45) is 0.510. The van der Waals surface area contributed by atoms with Crippen molar-refractivity contribution in [2.45, 2.75) is 25.1 Å². The van der Waals surface area contributed by atoms with E-state index in [0.717, 1.165) is 30.0 Å². The predicted molar refractivity (Wildman–Crippen MR) is 81.2 cm³/mol. The molecule has 5 heteroatoms. The van der Waals surface area contributed by atoms with E-state index in [2.05, 4.69) is 23.9 Å². The van der Waals surface area contributed by atoms with Gasteiger partial charge in [0.15, 0.2) is 0 Å². The van der Waals surface area contributed by atoms with Crippen LogP contribution >= 0.6 is 0 Å². The Hall–Kier alpha value is -1.30. The molecule has 1 fully saturated rings. The fourth-order valence-corrected chi connectivity index (χ4v) is 2.89. The van der Waals surface area contributed by atoms with Crippen LogP contribution in [0.15, 0.2) is 18.2 Å². The minimum atomic E-state index is -0.281. The Labute approximate surface area is 120 Å². The molecule has 1 saturated heterocycles. The zero-order valence-corrected chi connectivity index (χ0v) is 12.5. The summed E-state index contributed by atoms with van der Waals surface area (Å²) in [7, 11) is 5.77. The van der Waals surface area contributed by atoms with Crippen LogP contribution in [0.1, 0.15) is 12.0 Å². The van der Waals surface area contributed by atoms with Crippen molar-refractivity contribution in [3.63, 3.8) is 0 Å². The summed E-state index contributed by atoms with van der Waals surface area (Å²) >= 11 is 0. The molecule has 5 nitrogen and oxygen atoms in total. The van der Waals surface area contributed by atoms with E-state index in [9.17, 15) is 5.11 Å². The summed E-state index contributed by atoms with van der Waals surface area (Å²) in [5.41, 5.74) is 8.02. The second-order valence-electron chi connectivity index (χ2n) is 5.66. The highest BCUT2D eigenvalue weighted by molar-refractivity contribution is 5.59. The van der Waals surface area contributed by atoms with E-state index in [1.165, 1.54) is 0 Å². The van der Waals surface area contributed by atoms with Gasteiger partial charge in [0.05, 0.1) is 13.2 Å². The van der Waals surface area contributed by atoms with Gasteiger partial charge in [-0.1, -0.05) is 6.07 Å². The van der Waals surface area contributed by atoms with Gasteiger partial charge in [0.1, 0.15) is 5.75 Å². The lowest BCUT2D eigenvalue weighted by atomic mass is 10.1. The molecule has 0 bridgehead atoms. The molecule has 0 aliphatic carbocycles. The van der Waals surface area contributed by atoms with Crippen molar-refractivity contribution < 1.29 is 9.84 Å². The summed E-state index contributed by atoms with van der Waals surface area (Å²) in [4.78, 5) is 4.41. The second-order valence-corrected chi connectivity index (χ2v) is 5.66. The van der Waals surface area contributed by atoms with E-state index < -0.39 is 0 Å². The number of methoxy groups -OCH3 is 1. The largest absolute Gasteiger partial charge is 0.497 e. The summed E-state index contributed by atoms with van der Waals surface area (Å²) < 4.78 is 5.32. The van der Waals surface area contributed by atoms with Crippen LogP contribution in [0.25, 0.3) is 0 Å². The second kappa shape index (κ2) is 6.43. The number of aliphatic hydroxyl groups excluding tert-OH is 1. The number of hydrogen-bond acceptors (Lipinski definition) is 5. The smallest absolute Gasteiger partial charge is 0.120 e. The highest BCUT2D eigenvalue weighted by Gasteiger charge is 2.32. The van der Waals surface area contributed by atoms with Crippen LogP contribution in [0.5, 0.6) is 5.75 Å². The number of rotatable bonds is 5. The minimum Gasteiger partial charge on any atom is -0.497 e. The van der Waals surface area contributed by atoms with Gasteiger partial charge in [0.2, 0.25) is 0 Å². The van der Waals surface area contributed by atoms with E-state index in [1.54, 1.807) is 7.11 Å². The molecule has 1 aliphatic rings. The number of ether oxygens (including phenoxy) is 1. The third kappa shape index (κ3) is 3.23. The van der Waals surface area contributed by atoms with Crippen LogP contribution < -0.4 is 15.4 Å². The lowest BCUT2D eigenvalue weighted by molar-refractivity contribution is 0.191. The van der Waals surface area contributed by atoms with Crippen LogP contribution in [-0.2, 0) is 6.54 Å². The van der Waals surface area contributed by atoms with E-state index >= 15 is 0 Å².